The van der Waals surface area contributed by atoms with Gasteiger partial charge in [0.05, 0.1) is 0 Å². The fourth-order valence-electron chi connectivity index (χ4n) is 2.02. The highest BCUT2D eigenvalue weighted by Gasteiger charge is 2.25. The summed E-state index contributed by atoms with van der Waals surface area (Å²) in [5.41, 5.74) is 0.246. The number of fused-ring (bicyclic) bond motifs is 1. The van der Waals surface area contributed by atoms with Gasteiger partial charge in [-0.25, -0.2) is 9.97 Å². The maximum absolute atomic E-state index is 12.0. The van der Waals surface area contributed by atoms with Crippen molar-refractivity contribution in [1.82, 2.24) is 20.3 Å². The van der Waals surface area contributed by atoms with Crippen LogP contribution in [0.25, 0.3) is 0 Å². The predicted molar refractivity (Wildman–Crippen MR) is 77.5 cm³/mol. The van der Waals surface area contributed by atoms with Gasteiger partial charge in [0.1, 0.15) is 11.7 Å². The van der Waals surface area contributed by atoms with E-state index in [-0.39, 0.29) is 5.56 Å². The van der Waals surface area contributed by atoms with E-state index in [0.29, 0.717) is 23.3 Å². The molecule has 0 fully saturated rings. The lowest BCUT2D eigenvalue weighted by molar-refractivity contribution is 0.753. The van der Waals surface area contributed by atoms with Crippen LogP contribution in [0.3, 0.4) is 0 Å². The Labute approximate surface area is 120 Å². The molecule has 20 heavy (non-hydrogen) atoms. The molecule has 1 radical (unpaired) electrons. The van der Waals surface area contributed by atoms with Crippen molar-refractivity contribution >= 4 is 23.3 Å². The van der Waals surface area contributed by atoms with Crippen LogP contribution in [-0.4, -0.2) is 28.2 Å². The second-order valence-corrected chi connectivity index (χ2v) is 5.39. The number of H-pyrrole nitrogens is 1. The van der Waals surface area contributed by atoms with Crippen molar-refractivity contribution in [3.05, 3.63) is 34.7 Å². The molecular weight excluding hydrogens is 274 g/mol. The molecular formula is C13H14N5OS. The third kappa shape index (κ3) is 2.49. The van der Waals surface area contributed by atoms with Crippen LogP contribution in [0.2, 0.25) is 0 Å². The molecule has 103 valence electrons. The zero-order valence-electron chi connectivity index (χ0n) is 11.0. The normalized spacial score (nSPS) is 13.2. The standard InChI is InChI=1S/C13H14N5OS/c1-2-7-18-8-15-10-11(18)16-13(17-12(10)19)20-9-5-3-4-6-14-9/h3-6H,2,7-8H2,1H3,(H,16,17,19). The van der Waals surface area contributed by atoms with Gasteiger partial charge in [-0.3, -0.25) is 15.1 Å². The zero-order valence-corrected chi connectivity index (χ0v) is 11.9. The van der Waals surface area contributed by atoms with Gasteiger partial charge >= 0.3 is 0 Å². The number of aromatic nitrogens is 3. The Morgan fingerprint density at radius 1 is 1.45 bits per heavy atom. The molecule has 3 heterocycles. The Kier molecular flexibility index (Phi) is 3.60. The van der Waals surface area contributed by atoms with Crippen LogP contribution >= 0.6 is 11.8 Å². The lowest BCUT2D eigenvalue weighted by Gasteiger charge is -2.14. The molecule has 0 spiro atoms. The number of nitrogens with zero attached hydrogens (tertiary/aromatic N) is 4. The number of pyridine rings is 1. The minimum Gasteiger partial charge on any atom is -0.335 e. The maximum atomic E-state index is 12.0. The first-order chi connectivity index (χ1) is 9.78. The lowest BCUT2D eigenvalue weighted by Crippen LogP contribution is -2.23. The number of aromatic amines is 1. The van der Waals surface area contributed by atoms with Crippen LogP contribution in [0.15, 0.2) is 39.4 Å². The largest absolute Gasteiger partial charge is 0.335 e. The molecule has 0 saturated carbocycles. The van der Waals surface area contributed by atoms with Gasteiger partial charge in [0.2, 0.25) is 0 Å². The number of anilines is 1. The van der Waals surface area contributed by atoms with E-state index >= 15 is 0 Å². The Bertz CT molecular complexity index is 658. The summed E-state index contributed by atoms with van der Waals surface area (Å²) >= 11 is 1.34. The van der Waals surface area contributed by atoms with Crippen molar-refractivity contribution < 1.29 is 0 Å². The second-order valence-electron chi connectivity index (χ2n) is 4.38. The van der Waals surface area contributed by atoms with E-state index in [0.717, 1.165) is 18.0 Å². The van der Waals surface area contributed by atoms with Gasteiger partial charge in [0.25, 0.3) is 5.56 Å². The van der Waals surface area contributed by atoms with Gasteiger partial charge in [-0.2, -0.15) is 0 Å². The van der Waals surface area contributed by atoms with E-state index in [1.54, 1.807) is 6.20 Å². The first-order valence-electron chi connectivity index (χ1n) is 6.43. The van der Waals surface area contributed by atoms with Crippen LogP contribution in [0.1, 0.15) is 13.3 Å². The minimum absolute atomic E-state index is 0.188. The fourth-order valence-corrected chi connectivity index (χ4v) is 2.76. The van der Waals surface area contributed by atoms with Crippen LogP contribution in [0, 0.1) is 0 Å². The minimum atomic E-state index is -0.188. The third-order valence-electron chi connectivity index (χ3n) is 2.89. The molecule has 3 rings (SSSR count). The van der Waals surface area contributed by atoms with Crippen LogP contribution in [0.4, 0.5) is 11.5 Å². The average molecular weight is 288 g/mol. The number of nitrogens with one attached hydrogen (secondary N) is 1. The van der Waals surface area contributed by atoms with Crippen LogP contribution in [-0.2, 0) is 0 Å². The van der Waals surface area contributed by atoms with E-state index in [1.807, 2.05) is 23.1 Å². The Balaban J connectivity index is 1.92. The second kappa shape index (κ2) is 5.54. The van der Waals surface area contributed by atoms with Gasteiger partial charge in [0.15, 0.2) is 16.7 Å². The lowest BCUT2D eigenvalue weighted by atomic mass is 10.4. The highest BCUT2D eigenvalue weighted by molar-refractivity contribution is 7.99. The monoisotopic (exact) mass is 288 g/mol. The summed E-state index contributed by atoms with van der Waals surface area (Å²) in [6.07, 6.45) is 2.71. The SMILES string of the molecule is CCCN1C[N]c2c1nc(Sc1ccccn1)[nH]c2=O. The topological polar surface area (TPSA) is 76.0 Å². The van der Waals surface area contributed by atoms with Crippen LogP contribution in [0.5, 0.6) is 0 Å². The first kappa shape index (κ1) is 13.0. The summed E-state index contributed by atoms with van der Waals surface area (Å²) in [7, 11) is 0. The number of rotatable bonds is 4. The molecule has 1 aliphatic heterocycles. The fraction of sp³-hybridized carbons (Fsp3) is 0.308. The van der Waals surface area contributed by atoms with Crippen molar-refractivity contribution in [2.24, 2.45) is 0 Å². The smallest absolute Gasteiger partial charge is 0.279 e. The Morgan fingerprint density at radius 3 is 3.10 bits per heavy atom. The van der Waals surface area contributed by atoms with E-state index < -0.39 is 0 Å². The van der Waals surface area contributed by atoms with E-state index in [2.05, 4.69) is 27.2 Å². The Morgan fingerprint density at radius 2 is 2.35 bits per heavy atom. The first-order valence-corrected chi connectivity index (χ1v) is 7.25. The molecule has 2 aromatic rings. The van der Waals surface area contributed by atoms with E-state index in [9.17, 15) is 4.79 Å². The van der Waals surface area contributed by atoms with Gasteiger partial charge in [0, 0.05) is 12.7 Å². The van der Waals surface area contributed by atoms with E-state index in [4.69, 9.17) is 0 Å². The molecule has 7 heteroatoms. The number of hydrogen-bond acceptors (Lipinski definition) is 5. The molecule has 0 bridgehead atoms. The third-order valence-corrected chi connectivity index (χ3v) is 3.72. The van der Waals surface area contributed by atoms with Crippen LogP contribution < -0.4 is 15.8 Å². The molecule has 0 saturated heterocycles. The molecule has 1 N–H and O–H groups in total. The number of hydrogen-bond donors (Lipinski definition) is 1. The van der Waals surface area contributed by atoms with Gasteiger partial charge in [-0.1, -0.05) is 13.0 Å². The molecule has 0 amide bonds. The molecule has 2 aromatic heterocycles. The van der Waals surface area contributed by atoms with Crippen molar-refractivity contribution in [2.45, 2.75) is 23.5 Å². The summed E-state index contributed by atoms with van der Waals surface area (Å²) in [5, 5.41) is 5.59. The quantitative estimate of drug-likeness (QED) is 0.867. The summed E-state index contributed by atoms with van der Waals surface area (Å²) < 4.78 is 0. The molecule has 0 unspecified atom stereocenters. The predicted octanol–water partition coefficient (Wildman–Crippen LogP) is 1.74. The molecule has 6 nitrogen and oxygen atoms in total. The summed E-state index contributed by atoms with van der Waals surface area (Å²) in [4.78, 5) is 25.5. The van der Waals surface area contributed by atoms with Crippen molar-refractivity contribution in [3.8, 4) is 0 Å². The summed E-state index contributed by atoms with van der Waals surface area (Å²) in [6.45, 7) is 3.45. The summed E-state index contributed by atoms with van der Waals surface area (Å²) in [5.74, 6) is 0.675. The van der Waals surface area contributed by atoms with Gasteiger partial charge in [-0.05, 0) is 30.3 Å². The van der Waals surface area contributed by atoms with Gasteiger partial charge < -0.3 is 4.90 Å². The highest BCUT2D eigenvalue weighted by Crippen LogP contribution is 2.29. The van der Waals surface area contributed by atoms with Gasteiger partial charge in [-0.15, -0.1) is 0 Å². The molecule has 0 aliphatic carbocycles. The van der Waals surface area contributed by atoms with Crippen molar-refractivity contribution in [3.63, 3.8) is 0 Å². The highest BCUT2D eigenvalue weighted by atomic mass is 32.2. The summed E-state index contributed by atoms with van der Waals surface area (Å²) in [6, 6.07) is 5.64. The van der Waals surface area contributed by atoms with Crippen molar-refractivity contribution in [1.29, 1.82) is 0 Å². The maximum Gasteiger partial charge on any atom is 0.279 e. The van der Waals surface area contributed by atoms with E-state index in [1.165, 1.54) is 11.8 Å². The average Bonchev–Trinajstić information content (AvgIpc) is 2.84. The molecule has 1 aliphatic rings. The Hall–Kier alpha value is -2.02. The molecule has 0 atom stereocenters. The molecule has 0 aromatic carbocycles. The zero-order chi connectivity index (χ0) is 13.9. The van der Waals surface area contributed by atoms with Crippen molar-refractivity contribution in [2.75, 3.05) is 18.1 Å².